The Morgan fingerprint density at radius 2 is 1.78 bits per heavy atom. The van der Waals surface area contributed by atoms with Crippen molar-refractivity contribution in [3.05, 3.63) is 53.6 Å². The summed E-state index contributed by atoms with van der Waals surface area (Å²) >= 11 is 0. The minimum absolute atomic E-state index is 0.00879. The van der Waals surface area contributed by atoms with Crippen molar-refractivity contribution in [1.82, 2.24) is 4.72 Å². The standard InChI is InChI=1S/C19H19N3O4S/c23-18-10-3-13-11-15(6-9-17(13)21-18)20-19(24)12-1-7-16(8-2-12)27(25,26)22-14-4-5-14/h1-2,6-9,11,14,22H,3-5,10H2,(H,20,24)(H,21,23). The van der Waals surface area contributed by atoms with Crippen LogP contribution >= 0.6 is 0 Å². The summed E-state index contributed by atoms with van der Waals surface area (Å²) in [5.41, 5.74) is 2.73. The van der Waals surface area contributed by atoms with Gasteiger partial charge in [-0.3, -0.25) is 9.59 Å². The number of carbonyl (C=O) groups excluding carboxylic acids is 2. The minimum atomic E-state index is -3.53. The predicted molar refractivity (Wildman–Crippen MR) is 101 cm³/mol. The van der Waals surface area contributed by atoms with Gasteiger partial charge in [-0.25, -0.2) is 13.1 Å². The molecule has 1 aliphatic heterocycles. The zero-order valence-electron chi connectivity index (χ0n) is 14.5. The van der Waals surface area contributed by atoms with Gasteiger partial charge in [0.1, 0.15) is 0 Å². The number of carbonyl (C=O) groups is 2. The summed E-state index contributed by atoms with van der Waals surface area (Å²) in [6, 6.07) is 11.2. The smallest absolute Gasteiger partial charge is 0.255 e. The van der Waals surface area contributed by atoms with Gasteiger partial charge in [-0.2, -0.15) is 0 Å². The van der Waals surface area contributed by atoms with Crippen molar-refractivity contribution in [2.24, 2.45) is 0 Å². The van der Waals surface area contributed by atoms with Gasteiger partial charge in [-0.15, -0.1) is 0 Å². The van der Waals surface area contributed by atoms with Crippen LogP contribution in [0.5, 0.6) is 0 Å². The molecule has 0 spiro atoms. The summed E-state index contributed by atoms with van der Waals surface area (Å²) in [5, 5.41) is 5.60. The van der Waals surface area contributed by atoms with Crippen LogP contribution in [0.2, 0.25) is 0 Å². The van der Waals surface area contributed by atoms with Crippen LogP contribution in [0, 0.1) is 0 Å². The van der Waals surface area contributed by atoms with E-state index in [9.17, 15) is 18.0 Å². The average Bonchev–Trinajstić information content (AvgIpc) is 3.45. The van der Waals surface area contributed by atoms with Crippen LogP contribution < -0.4 is 15.4 Å². The zero-order chi connectivity index (χ0) is 19.0. The number of benzene rings is 2. The molecule has 4 rings (SSSR count). The Bertz CT molecular complexity index is 1010. The highest BCUT2D eigenvalue weighted by Gasteiger charge is 2.28. The van der Waals surface area contributed by atoms with E-state index in [1.54, 1.807) is 12.1 Å². The molecule has 1 aliphatic carbocycles. The third-order valence-electron chi connectivity index (χ3n) is 4.58. The summed E-state index contributed by atoms with van der Waals surface area (Å²) in [4.78, 5) is 24.0. The highest BCUT2D eigenvalue weighted by molar-refractivity contribution is 7.89. The summed E-state index contributed by atoms with van der Waals surface area (Å²) in [6.45, 7) is 0. The molecule has 2 aromatic carbocycles. The molecule has 1 saturated carbocycles. The van der Waals surface area contributed by atoms with Crippen molar-refractivity contribution in [3.8, 4) is 0 Å². The number of anilines is 2. The maximum absolute atomic E-state index is 12.4. The van der Waals surface area contributed by atoms with E-state index >= 15 is 0 Å². The van der Waals surface area contributed by atoms with E-state index in [-0.39, 0.29) is 22.8 Å². The quantitative estimate of drug-likeness (QED) is 0.734. The number of aryl methyl sites for hydroxylation is 1. The second-order valence-corrected chi connectivity index (χ2v) is 8.51. The second-order valence-electron chi connectivity index (χ2n) is 6.79. The van der Waals surface area contributed by atoms with Gasteiger partial charge < -0.3 is 10.6 Å². The molecule has 1 fully saturated rings. The maximum Gasteiger partial charge on any atom is 0.255 e. The van der Waals surface area contributed by atoms with E-state index in [1.165, 1.54) is 24.3 Å². The lowest BCUT2D eigenvalue weighted by atomic mass is 10.0. The monoisotopic (exact) mass is 385 g/mol. The average molecular weight is 385 g/mol. The lowest BCUT2D eigenvalue weighted by Gasteiger charge is -2.17. The van der Waals surface area contributed by atoms with Crippen LogP contribution in [0.3, 0.4) is 0 Å². The van der Waals surface area contributed by atoms with Crippen LogP contribution in [-0.2, 0) is 21.2 Å². The fourth-order valence-corrected chi connectivity index (χ4v) is 4.24. The van der Waals surface area contributed by atoms with Gasteiger partial charge >= 0.3 is 0 Å². The number of hydrogen-bond acceptors (Lipinski definition) is 4. The van der Waals surface area contributed by atoms with Crippen molar-refractivity contribution in [1.29, 1.82) is 0 Å². The van der Waals surface area contributed by atoms with Crippen molar-refractivity contribution in [3.63, 3.8) is 0 Å². The summed E-state index contributed by atoms with van der Waals surface area (Å²) < 4.78 is 27.0. The van der Waals surface area contributed by atoms with Crippen molar-refractivity contribution >= 4 is 33.2 Å². The number of sulfonamides is 1. The van der Waals surface area contributed by atoms with Gasteiger partial charge in [0, 0.05) is 29.4 Å². The van der Waals surface area contributed by atoms with Crippen LogP contribution in [0.25, 0.3) is 0 Å². The maximum atomic E-state index is 12.4. The molecule has 2 amide bonds. The normalized spacial score (nSPS) is 16.4. The van der Waals surface area contributed by atoms with E-state index in [2.05, 4.69) is 15.4 Å². The van der Waals surface area contributed by atoms with E-state index in [4.69, 9.17) is 0 Å². The van der Waals surface area contributed by atoms with Crippen molar-refractivity contribution < 1.29 is 18.0 Å². The molecule has 0 radical (unpaired) electrons. The highest BCUT2D eigenvalue weighted by atomic mass is 32.2. The van der Waals surface area contributed by atoms with Crippen molar-refractivity contribution in [2.45, 2.75) is 36.6 Å². The molecule has 2 aliphatic rings. The largest absolute Gasteiger partial charge is 0.326 e. The van der Waals surface area contributed by atoms with Crippen molar-refractivity contribution in [2.75, 3.05) is 10.6 Å². The van der Waals surface area contributed by atoms with Gasteiger partial charge in [-0.1, -0.05) is 0 Å². The molecule has 7 nitrogen and oxygen atoms in total. The molecule has 0 bridgehead atoms. The lowest BCUT2D eigenvalue weighted by Crippen LogP contribution is -2.25. The second kappa shape index (κ2) is 6.79. The molecule has 2 aromatic rings. The Labute approximate surface area is 157 Å². The number of hydrogen-bond donors (Lipinski definition) is 3. The topological polar surface area (TPSA) is 104 Å². The molecule has 3 N–H and O–H groups in total. The first kappa shape index (κ1) is 17.7. The third kappa shape index (κ3) is 4.01. The molecular weight excluding hydrogens is 366 g/mol. The van der Waals surface area contributed by atoms with Gasteiger partial charge in [0.15, 0.2) is 0 Å². The van der Waals surface area contributed by atoms with E-state index < -0.39 is 10.0 Å². The number of rotatable bonds is 5. The first-order valence-corrected chi connectivity index (χ1v) is 10.3. The molecular formula is C19H19N3O4S. The van der Waals surface area contributed by atoms with E-state index in [0.717, 1.165) is 24.1 Å². The van der Waals surface area contributed by atoms with Gasteiger partial charge in [0.2, 0.25) is 15.9 Å². The highest BCUT2D eigenvalue weighted by Crippen LogP contribution is 2.26. The third-order valence-corrected chi connectivity index (χ3v) is 6.12. The molecule has 27 heavy (non-hydrogen) atoms. The predicted octanol–water partition coefficient (Wildman–Crippen LogP) is 2.26. The first-order valence-electron chi connectivity index (χ1n) is 8.77. The lowest BCUT2D eigenvalue weighted by molar-refractivity contribution is -0.116. The SMILES string of the molecule is O=C1CCc2cc(NC(=O)c3ccc(S(=O)(=O)NC4CC4)cc3)ccc2N1. The number of fused-ring (bicyclic) bond motifs is 1. The first-order chi connectivity index (χ1) is 12.9. The molecule has 140 valence electrons. The number of nitrogens with one attached hydrogen (secondary N) is 3. The summed E-state index contributed by atoms with van der Waals surface area (Å²) in [5.74, 6) is -0.334. The van der Waals surface area contributed by atoms with Crippen LogP contribution in [0.1, 0.15) is 35.2 Å². The molecule has 0 unspecified atom stereocenters. The Morgan fingerprint density at radius 3 is 2.48 bits per heavy atom. The Kier molecular flexibility index (Phi) is 4.45. The molecule has 0 saturated heterocycles. The zero-order valence-corrected chi connectivity index (χ0v) is 15.3. The van der Waals surface area contributed by atoms with E-state index in [0.29, 0.717) is 24.1 Å². The Morgan fingerprint density at radius 1 is 1.04 bits per heavy atom. The molecule has 8 heteroatoms. The molecule has 0 aromatic heterocycles. The molecule has 0 atom stereocenters. The van der Waals surface area contributed by atoms with Crippen LogP contribution in [0.15, 0.2) is 47.4 Å². The fourth-order valence-electron chi connectivity index (χ4n) is 2.94. The minimum Gasteiger partial charge on any atom is -0.326 e. The van der Waals surface area contributed by atoms with Crippen LogP contribution in [0.4, 0.5) is 11.4 Å². The Balaban J connectivity index is 1.46. The van der Waals surface area contributed by atoms with Crippen LogP contribution in [-0.4, -0.2) is 26.3 Å². The summed E-state index contributed by atoms with van der Waals surface area (Å²) in [7, 11) is -3.53. The van der Waals surface area contributed by atoms with Gasteiger partial charge in [0.25, 0.3) is 5.91 Å². The van der Waals surface area contributed by atoms with Gasteiger partial charge in [-0.05, 0) is 67.3 Å². The van der Waals surface area contributed by atoms with E-state index in [1.807, 2.05) is 6.07 Å². The fraction of sp³-hybridized carbons (Fsp3) is 0.263. The van der Waals surface area contributed by atoms with Gasteiger partial charge in [0.05, 0.1) is 4.90 Å². The Hall–Kier alpha value is -2.71. The number of amides is 2. The summed E-state index contributed by atoms with van der Waals surface area (Å²) in [6.07, 6.45) is 2.79. The molecule has 1 heterocycles.